The summed E-state index contributed by atoms with van der Waals surface area (Å²) in [7, 11) is 0. The van der Waals surface area contributed by atoms with E-state index in [0.717, 1.165) is 73.3 Å². The molecule has 14 rings (SSSR count). The topological polar surface area (TPSA) is 21.3 Å². The van der Waals surface area contributed by atoms with Crippen LogP contribution >= 0.6 is 0 Å². The Labute approximate surface area is 411 Å². The van der Waals surface area contributed by atoms with Gasteiger partial charge in [-0.05, 0) is 127 Å². The number of fused-ring (bicyclic) bond motifs is 9. The second-order valence-corrected chi connectivity index (χ2v) is 18.1. The fraction of sp³-hybridized carbons (Fsp3) is 0. The van der Waals surface area contributed by atoms with E-state index in [1.165, 1.54) is 43.4 Å². The summed E-state index contributed by atoms with van der Waals surface area (Å²) in [6, 6.07) is 99.1. The van der Waals surface area contributed by atoms with Crippen molar-refractivity contribution in [3.8, 4) is 17.1 Å². The third-order valence-corrected chi connectivity index (χ3v) is 14.2. The van der Waals surface area contributed by atoms with Crippen LogP contribution in [0.5, 0.6) is 0 Å². The maximum absolute atomic E-state index is 2.50. The van der Waals surface area contributed by atoms with Gasteiger partial charge in [-0.3, -0.25) is 0 Å². The van der Waals surface area contributed by atoms with Gasteiger partial charge in [0.15, 0.2) is 0 Å². The van der Waals surface area contributed by atoms with E-state index in [9.17, 15) is 0 Å². The lowest BCUT2D eigenvalue weighted by atomic mass is 10.0. The first kappa shape index (κ1) is 40.5. The van der Waals surface area contributed by atoms with E-state index < -0.39 is 0 Å². The number of para-hydroxylation sites is 8. The van der Waals surface area contributed by atoms with Crippen LogP contribution in [0.15, 0.2) is 273 Å². The quantitative estimate of drug-likeness (QED) is 0.144. The van der Waals surface area contributed by atoms with Crippen LogP contribution in [-0.4, -0.2) is 13.7 Å². The van der Waals surface area contributed by atoms with Crippen molar-refractivity contribution in [2.24, 2.45) is 0 Å². The van der Waals surface area contributed by atoms with Gasteiger partial charge in [-0.25, -0.2) is 0 Å². The van der Waals surface area contributed by atoms with Crippen molar-refractivity contribution in [3.05, 3.63) is 273 Å². The lowest BCUT2D eigenvalue weighted by molar-refractivity contribution is 1.16. The molecule has 5 nitrogen and oxygen atoms in total. The van der Waals surface area contributed by atoms with Gasteiger partial charge in [-0.15, -0.1) is 0 Å². The van der Waals surface area contributed by atoms with Gasteiger partial charge < -0.3 is 23.5 Å². The van der Waals surface area contributed by atoms with Gasteiger partial charge in [0.1, 0.15) is 0 Å². The highest BCUT2D eigenvalue weighted by atomic mass is 15.2. The van der Waals surface area contributed by atoms with E-state index in [0.29, 0.717) is 0 Å². The van der Waals surface area contributed by atoms with Crippen LogP contribution in [0.3, 0.4) is 0 Å². The fourth-order valence-electron chi connectivity index (χ4n) is 11.2. The number of aromatic nitrogens is 3. The molecule has 0 radical (unpaired) electrons. The van der Waals surface area contributed by atoms with E-state index in [-0.39, 0.29) is 0 Å². The van der Waals surface area contributed by atoms with Crippen molar-refractivity contribution in [2.45, 2.75) is 0 Å². The van der Waals surface area contributed by atoms with Crippen LogP contribution < -0.4 is 9.80 Å². The smallest absolute Gasteiger partial charge is 0.0952 e. The molecule has 0 N–H and O–H groups in total. The molecule has 14 aromatic rings. The predicted molar refractivity (Wildman–Crippen MR) is 299 cm³/mol. The Bertz CT molecular complexity index is 4270. The minimum Gasteiger partial charge on any atom is -0.309 e. The maximum atomic E-state index is 2.50. The first-order chi connectivity index (χ1) is 35.3. The number of anilines is 6. The van der Waals surface area contributed by atoms with Gasteiger partial charge in [0.2, 0.25) is 0 Å². The Morgan fingerprint density at radius 2 is 0.577 bits per heavy atom. The largest absolute Gasteiger partial charge is 0.309 e. The van der Waals surface area contributed by atoms with Crippen LogP contribution in [0, 0.1) is 0 Å². The molecular formula is C66H45N5. The maximum Gasteiger partial charge on any atom is 0.0952 e. The van der Waals surface area contributed by atoms with Crippen LogP contribution in [-0.2, 0) is 0 Å². The Morgan fingerprint density at radius 1 is 0.225 bits per heavy atom. The van der Waals surface area contributed by atoms with Crippen molar-refractivity contribution < 1.29 is 0 Å². The summed E-state index contributed by atoms with van der Waals surface area (Å²) in [5.41, 5.74) is 16.5. The average Bonchev–Trinajstić information content (AvgIpc) is 4.08. The van der Waals surface area contributed by atoms with Gasteiger partial charge in [0.25, 0.3) is 0 Å². The molecule has 0 aliphatic heterocycles. The molecule has 0 fully saturated rings. The summed E-state index contributed by atoms with van der Waals surface area (Å²) in [5.74, 6) is 0. The molecule has 0 unspecified atom stereocenters. The van der Waals surface area contributed by atoms with Crippen molar-refractivity contribution in [1.82, 2.24) is 13.7 Å². The van der Waals surface area contributed by atoms with Crippen LogP contribution in [0.2, 0.25) is 0 Å². The van der Waals surface area contributed by atoms with Crippen LogP contribution in [0.25, 0.3) is 82.5 Å². The third-order valence-electron chi connectivity index (χ3n) is 14.2. The summed E-state index contributed by atoms with van der Waals surface area (Å²) in [4.78, 5) is 4.96. The second kappa shape index (κ2) is 16.6. The normalized spacial score (nSPS) is 11.7. The SMILES string of the molecule is c1ccc(N(c2ccc3c(c2)c2ccccc2n3-c2ccccc2)c2ccc3c4ccccc4n(-c4ccccc4)c3c2N(c2ccccc2)c2ccc3c(c2)c2ccccc2n3-c2ccccc2)cc1. The van der Waals surface area contributed by atoms with Crippen molar-refractivity contribution in [3.63, 3.8) is 0 Å². The number of rotatable bonds is 9. The van der Waals surface area contributed by atoms with E-state index in [1.807, 2.05) is 0 Å². The Balaban J connectivity index is 1.12. The lowest BCUT2D eigenvalue weighted by Gasteiger charge is -2.34. The number of hydrogen-bond donors (Lipinski definition) is 0. The molecule has 3 aromatic heterocycles. The van der Waals surface area contributed by atoms with E-state index in [1.54, 1.807) is 0 Å². The highest BCUT2D eigenvalue weighted by Gasteiger charge is 2.29. The van der Waals surface area contributed by atoms with Gasteiger partial charge in [-0.1, -0.05) is 146 Å². The molecule has 0 aliphatic rings. The standard InChI is InChI=1S/C66H45N5/c1-6-22-46(23-7-1)67(51-38-41-62-57(44-51)54-33-17-19-35-59(54)69(62)48-26-10-3-11-27-48)64-43-40-56-53-32-16-21-37-61(53)71(50-30-14-5-15-31-50)65(56)66(64)68(47-24-8-2-9-25-47)52-39-42-63-58(45-52)55-34-18-20-36-60(55)70(63)49-28-12-4-13-29-49/h1-45H. The van der Waals surface area contributed by atoms with E-state index >= 15 is 0 Å². The molecule has 71 heavy (non-hydrogen) atoms. The molecular weight excluding hydrogens is 863 g/mol. The second-order valence-electron chi connectivity index (χ2n) is 18.1. The van der Waals surface area contributed by atoms with Crippen LogP contribution in [0.1, 0.15) is 0 Å². The monoisotopic (exact) mass is 907 g/mol. The van der Waals surface area contributed by atoms with Crippen LogP contribution in [0.4, 0.5) is 34.1 Å². The molecule has 334 valence electrons. The van der Waals surface area contributed by atoms with Crippen molar-refractivity contribution in [1.29, 1.82) is 0 Å². The number of nitrogens with zero attached hydrogens (tertiary/aromatic N) is 5. The zero-order valence-corrected chi connectivity index (χ0v) is 38.7. The summed E-state index contributed by atoms with van der Waals surface area (Å²) in [6.07, 6.45) is 0. The minimum atomic E-state index is 1.03. The summed E-state index contributed by atoms with van der Waals surface area (Å²) in [6.45, 7) is 0. The average molecular weight is 908 g/mol. The zero-order chi connectivity index (χ0) is 46.8. The van der Waals surface area contributed by atoms with Gasteiger partial charge >= 0.3 is 0 Å². The highest BCUT2D eigenvalue weighted by molar-refractivity contribution is 6.19. The lowest BCUT2D eigenvalue weighted by Crippen LogP contribution is -2.18. The Hall–Kier alpha value is -9.58. The number of benzene rings is 11. The molecule has 0 saturated heterocycles. The molecule has 0 atom stereocenters. The number of hydrogen-bond acceptors (Lipinski definition) is 2. The minimum absolute atomic E-state index is 1.03. The van der Waals surface area contributed by atoms with E-state index in [2.05, 4.69) is 296 Å². The predicted octanol–water partition coefficient (Wildman–Crippen LogP) is 17.9. The molecule has 0 amide bonds. The van der Waals surface area contributed by atoms with E-state index in [4.69, 9.17) is 0 Å². The molecule has 0 spiro atoms. The third kappa shape index (κ3) is 6.48. The van der Waals surface area contributed by atoms with Gasteiger partial charge in [0, 0.05) is 72.1 Å². The first-order valence-electron chi connectivity index (χ1n) is 24.3. The molecule has 11 aromatic carbocycles. The first-order valence-corrected chi connectivity index (χ1v) is 24.3. The fourth-order valence-corrected chi connectivity index (χ4v) is 11.2. The van der Waals surface area contributed by atoms with Crippen molar-refractivity contribution >= 4 is 99.5 Å². The van der Waals surface area contributed by atoms with Gasteiger partial charge in [0.05, 0.1) is 44.5 Å². The summed E-state index contributed by atoms with van der Waals surface area (Å²) < 4.78 is 7.25. The Morgan fingerprint density at radius 3 is 1.06 bits per heavy atom. The van der Waals surface area contributed by atoms with Crippen molar-refractivity contribution in [2.75, 3.05) is 9.80 Å². The molecule has 3 heterocycles. The molecule has 0 saturated carbocycles. The molecule has 5 heteroatoms. The summed E-state index contributed by atoms with van der Waals surface area (Å²) >= 11 is 0. The molecule has 0 aliphatic carbocycles. The Kier molecular flexibility index (Phi) is 9.46. The molecule has 0 bridgehead atoms. The van der Waals surface area contributed by atoms with Gasteiger partial charge in [-0.2, -0.15) is 0 Å². The highest BCUT2D eigenvalue weighted by Crippen LogP contribution is 2.52. The summed E-state index contributed by atoms with van der Waals surface area (Å²) in [5, 5.41) is 7.13. The zero-order valence-electron chi connectivity index (χ0n) is 38.7.